The Morgan fingerprint density at radius 2 is 1.64 bits per heavy atom. The van der Waals surface area contributed by atoms with Crippen molar-refractivity contribution < 1.29 is 4.79 Å². The van der Waals surface area contributed by atoms with E-state index >= 15 is 0 Å². The fourth-order valence-electron chi connectivity index (χ4n) is 3.63. The third kappa shape index (κ3) is 4.52. The molecule has 0 aliphatic carbocycles. The van der Waals surface area contributed by atoms with E-state index in [-0.39, 0.29) is 11.5 Å². The number of carbonyl (C=O) groups excluding carboxylic acids is 1. The van der Waals surface area contributed by atoms with E-state index in [2.05, 4.69) is 28.4 Å². The van der Waals surface area contributed by atoms with Gasteiger partial charge in [-0.2, -0.15) is 5.26 Å². The number of nitrogens with zero attached hydrogens (tertiary/aromatic N) is 3. The highest BCUT2D eigenvalue weighted by Gasteiger charge is 2.18. The molecule has 5 heteroatoms. The lowest BCUT2D eigenvalue weighted by Crippen LogP contribution is -2.44. The van der Waals surface area contributed by atoms with Gasteiger partial charge < -0.3 is 15.1 Å². The number of aryl methyl sites for hydroxylation is 3. The number of anilines is 2. The van der Waals surface area contributed by atoms with E-state index in [0.717, 1.165) is 48.6 Å². The van der Waals surface area contributed by atoms with E-state index in [1.165, 1.54) is 5.69 Å². The molecule has 0 radical (unpaired) electrons. The summed E-state index contributed by atoms with van der Waals surface area (Å²) in [6.07, 6.45) is 1.69. The SMILES string of the molecule is Cc1cc(C)c(NC(=O)/C(C#N)=C\N2CCN(c3ccccc3)CC2)c(C)c1. The Morgan fingerprint density at radius 3 is 2.21 bits per heavy atom. The number of piperazine rings is 1. The molecule has 1 aliphatic heterocycles. The van der Waals surface area contributed by atoms with Gasteiger partial charge in [0.25, 0.3) is 5.91 Å². The summed E-state index contributed by atoms with van der Waals surface area (Å²) in [6, 6.07) is 16.4. The van der Waals surface area contributed by atoms with Crippen LogP contribution < -0.4 is 10.2 Å². The van der Waals surface area contributed by atoms with Crippen LogP contribution in [-0.2, 0) is 4.79 Å². The lowest BCUT2D eigenvalue weighted by Gasteiger charge is -2.35. The van der Waals surface area contributed by atoms with Crippen molar-refractivity contribution in [1.29, 1.82) is 5.26 Å². The Morgan fingerprint density at radius 1 is 1.04 bits per heavy atom. The first kappa shape index (κ1) is 19.5. The van der Waals surface area contributed by atoms with E-state index in [4.69, 9.17) is 0 Å². The van der Waals surface area contributed by atoms with Crippen molar-refractivity contribution >= 4 is 17.3 Å². The molecule has 0 aromatic heterocycles. The third-order valence-electron chi connectivity index (χ3n) is 5.03. The number of rotatable bonds is 4. The van der Waals surface area contributed by atoms with E-state index in [1.807, 2.05) is 56.0 Å². The molecule has 1 N–H and O–H groups in total. The average molecular weight is 374 g/mol. The molecule has 144 valence electrons. The number of carbonyl (C=O) groups is 1. The van der Waals surface area contributed by atoms with Crippen LogP contribution in [0.15, 0.2) is 54.2 Å². The fraction of sp³-hybridized carbons (Fsp3) is 0.304. The van der Waals surface area contributed by atoms with Crippen LogP contribution in [0, 0.1) is 32.1 Å². The van der Waals surface area contributed by atoms with Crippen LogP contribution in [0.1, 0.15) is 16.7 Å². The first-order chi connectivity index (χ1) is 13.5. The van der Waals surface area contributed by atoms with Crippen LogP contribution >= 0.6 is 0 Å². The van der Waals surface area contributed by atoms with Crippen molar-refractivity contribution in [2.24, 2.45) is 0 Å². The van der Waals surface area contributed by atoms with Gasteiger partial charge in [-0.25, -0.2) is 0 Å². The molecule has 0 saturated carbocycles. The molecule has 1 amide bonds. The highest BCUT2D eigenvalue weighted by molar-refractivity contribution is 6.07. The lowest BCUT2D eigenvalue weighted by atomic mass is 10.0. The summed E-state index contributed by atoms with van der Waals surface area (Å²) < 4.78 is 0. The molecule has 28 heavy (non-hydrogen) atoms. The molecule has 0 spiro atoms. The number of hydrogen-bond acceptors (Lipinski definition) is 4. The number of benzene rings is 2. The van der Waals surface area contributed by atoms with Gasteiger partial charge in [0.1, 0.15) is 11.6 Å². The third-order valence-corrected chi connectivity index (χ3v) is 5.03. The van der Waals surface area contributed by atoms with E-state index < -0.39 is 0 Å². The van der Waals surface area contributed by atoms with Gasteiger partial charge in [0.15, 0.2) is 0 Å². The van der Waals surface area contributed by atoms with Crippen LogP contribution in [0.3, 0.4) is 0 Å². The number of nitrogens with one attached hydrogen (secondary N) is 1. The van der Waals surface area contributed by atoms with Gasteiger partial charge in [0, 0.05) is 43.8 Å². The first-order valence-corrected chi connectivity index (χ1v) is 9.53. The predicted molar refractivity (Wildman–Crippen MR) is 113 cm³/mol. The zero-order valence-electron chi connectivity index (χ0n) is 16.7. The molecule has 0 atom stereocenters. The van der Waals surface area contributed by atoms with Gasteiger partial charge in [-0.3, -0.25) is 4.79 Å². The summed E-state index contributed by atoms with van der Waals surface area (Å²) in [5, 5.41) is 12.4. The van der Waals surface area contributed by atoms with Crippen molar-refractivity contribution in [2.45, 2.75) is 20.8 Å². The second-order valence-corrected chi connectivity index (χ2v) is 7.24. The summed E-state index contributed by atoms with van der Waals surface area (Å²) in [6.45, 7) is 9.23. The maximum absolute atomic E-state index is 12.7. The molecule has 1 aliphatic rings. The van der Waals surface area contributed by atoms with E-state index in [1.54, 1.807) is 6.20 Å². The molecule has 1 heterocycles. The minimum atomic E-state index is -0.358. The van der Waals surface area contributed by atoms with Gasteiger partial charge >= 0.3 is 0 Å². The normalized spacial score (nSPS) is 14.6. The summed E-state index contributed by atoms with van der Waals surface area (Å²) in [5.74, 6) is -0.358. The molecule has 0 bridgehead atoms. The first-order valence-electron chi connectivity index (χ1n) is 9.53. The minimum Gasteiger partial charge on any atom is -0.373 e. The Bertz CT molecular complexity index is 896. The zero-order valence-corrected chi connectivity index (χ0v) is 16.7. The van der Waals surface area contributed by atoms with Gasteiger partial charge in [-0.15, -0.1) is 0 Å². The molecular formula is C23H26N4O. The smallest absolute Gasteiger partial charge is 0.267 e. The van der Waals surface area contributed by atoms with E-state index in [9.17, 15) is 10.1 Å². The summed E-state index contributed by atoms with van der Waals surface area (Å²) in [7, 11) is 0. The largest absolute Gasteiger partial charge is 0.373 e. The highest BCUT2D eigenvalue weighted by atomic mass is 16.1. The molecule has 1 saturated heterocycles. The van der Waals surface area contributed by atoms with Crippen LogP contribution in [-0.4, -0.2) is 37.0 Å². The van der Waals surface area contributed by atoms with Crippen LogP contribution in [0.2, 0.25) is 0 Å². The van der Waals surface area contributed by atoms with Crippen LogP contribution in [0.5, 0.6) is 0 Å². The highest BCUT2D eigenvalue weighted by Crippen LogP contribution is 2.22. The zero-order chi connectivity index (χ0) is 20.1. The van der Waals surface area contributed by atoms with Crippen molar-refractivity contribution in [1.82, 2.24) is 4.90 Å². The molecular weight excluding hydrogens is 348 g/mol. The summed E-state index contributed by atoms with van der Waals surface area (Å²) in [5.41, 5.74) is 5.27. The number of hydrogen-bond donors (Lipinski definition) is 1. The Labute approximate surface area is 166 Å². The van der Waals surface area contributed by atoms with Crippen LogP contribution in [0.4, 0.5) is 11.4 Å². The minimum absolute atomic E-state index is 0.132. The predicted octanol–water partition coefficient (Wildman–Crippen LogP) is 3.78. The molecule has 0 unspecified atom stereocenters. The second kappa shape index (κ2) is 8.62. The Hall–Kier alpha value is -3.26. The molecule has 1 fully saturated rings. The maximum Gasteiger partial charge on any atom is 0.267 e. The monoisotopic (exact) mass is 374 g/mol. The molecule has 5 nitrogen and oxygen atoms in total. The second-order valence-electron chi connectivity index (χ2n) is 7.24. The maximum atomic E-state index is 12.7. The Kier molecular flexibility index (Phi) is 6.00. The van der Waals surface area contributed by atoms with Gasteiger partial charge in [0.05, 0.1) is 0 Å². The van der Waals surface area contributed by atoms with Gasteiger partial charge in [-0.1, -0.05) is 35.9 Å². The molecule has 2 aromatic rings. The van der Waals surface area contributed by atoms with Gasteiger partial charge in [0.2, 0.25) is 0 Å². The lowest BCUT2D eigenvalue weighted by molar-refractivity contribution is -0.112. The summed E-state index contributed by atoms with van der Waals surface area (Å²) in [4.78, 5) is 17.0. The van der Waals surface area contributed by atoms with Crippen molar-refractivity contribution in [3.8, 4) is 6.07 Å². The quantitative estimate of drug-likeness (QED) is 0.654. The fourth-order valence-corrected chi connectivity index (χ4v) is 3.63. The number of amides is 1. The average Bonchev–Trinajstić information content (AvgIpc) is 2.70. The Balaban J connectivity index is 1.66. The van der Waals surface area contributed by atoms with E-state index in [0.29, 0.717) is 0 Å². The molecule has 2 aromatic carbocycles. The standard InChI is InChI=1S/C23H26N4O/c1-17-13-18(2)22(19(3)14-17)25-23(28)20(15-24)16-26-9-11-27(12-10-26)21-7-5-4-6-8-21/h4-8,13-14,16H,9-12H2,1-3H3,(H,25,28)/b20-16-. The van der Waals surface area contributed by atoms with Gasteiger partial charge in [-0.05, 0) is 44.0 Å². The number of nitriles is 1. The van der Waals surface area contributed by atoms with Crippen molar-refractivity contribution in [2.75, 3.05) is 36.4 Å². The topological polar surface area (TPSA) is 59.4 Å². The van der Waals surface area contributed by atoms with Crippen LogP contribution in [0.25, 0.3) is 0 Å². The summed E-state index contributed by atoms with van der Waals surface area (Å²) >= 11 is 0. The number of para-hydroxylation sites is 1. The van der Waals surface area contributed by atoms with Crippen molar-refractivity contribution in [3.63, 3.8) is 0 Å². The van der Waals surface area contributed by atoms with Crippen molar-refractivity contribution in [3.05, 3.63) is 70.9 Å². The molecule has 3 rings (SSSR count).